The molecule has 1 aliphatic rings. The molecule has 4 nitrogen and oxygen atoms in total. The summed E-state index contributed by atoms with van der Waals surface area (Å²) in [5.74, 6) is -1.37. The first kappa shape index (κ1) is 26.5. The highest BCUT2D eigenvalue weighted by Gasteiger charge is 2.48. The average molecular weight is 463 g/mol. The van der Waals surface area contributed by atoms with E-state index < -0.39 is 29.9 Å². The highest BCUT2D eigenvalue weighted by molar-refractivity contribution is 6.17. The molecule has 1 aromatic rings. The van der Waals surface area contributed by atoms with E-state index in [1.54, 1.807) is 0 Å². The fraction of sp³-hybridized carbons (Fsp3) is 0.750. The lowest BCUT2D eigenvalue weighted by molar-refractivity contribution is -0.0795. The Hall–Kier alpha value is -0.790. The largest absolute Gasteiger partial charge is 0.379 e. The molecule has 1 unspecified atom stereocenters. The zero-order chi connectivity index (χ0) is 22.6. The minimum absolute atomic E-state index is 0.0484. The second-order valence-corrected chi connectivity index (χ2v) is 8.27. The van der Waals surface area contributed by atoms with Crippen molar-refractivity contribution in [2.45, 2.75) is 89.6 Å². The average Bonchev–Trinajstić information content (AvgIpc) is 3.09. The Kier molecular flexibility index (Phi) is 12.3. The number of unbranched alkanes of at least 4 members (excludes halogenated alkanes) is 3. The van der Waals surface area contributed by atoms with Crippen LogP contribution in [0.5, 0.6) is 0 Å². The molecule has 1 heterocycles. The molecule has 0 radical (unpaired) electrons. The summed E-state index contributed by atoms with van der Waals surface area (Å²) in [6.45, 7) is 8.33. The van der Waals surface area contributed by atoms with Gasteiger partial charge in [-0.05, 0) is 25.3 Å². The SMILES string of the molecule is CCCCOC[C@H]1O[C@@H](c2cc(CCl)c(F)cc2F)C(OCCCC)[C@H]1OCCCC. The predicted octanol–water partition coefficient (Wildman–Crippen LogP) is 6.33. The normalized spacial score (nSPS) is 23.5. The molecule has 0 N–H and O–H groups in total. The molecule has 0 amide bonds. The van der Waals surface area contributed by atoms with Crippen LogP contribution in [-0.4, -0.2) is 44.7 Å². The van der Waals surface area contributed by atoms with Gasteiger partial charge in [0.25, 0.3) is 0 Å². The van der Waals surface area contributed by atoms with Gasteiger partial charge >= 0.3 is 0 Å². The molecule has 178 valence electrons. The fourth-order valence-electron chi connectivity index (χ4n) is 3.60. The highest BCUT2D eigenvalue weighted by atomic mass is 35.5. The number of hydrogen-bond acceptors (Lipinski definition) is 4. The Morgan fingerprint density at radius 1 is 0.871 bits per heavy atom. The van der Waals surface area contributed by atoms with Crippen LogP contribution in [0.25, 0.3) is 0 Å². The van der Waals surface area contributed by atoms with Crippen molar-refractivity contribution in [3.8, 4) is 0 Å². The molecular weight excluding hydrogens is 426 g/mol. The number of hydrogen-bond donors (Lipinski definition) is 0. The van der Waals surface area contributed by atoms with Crippen LogP contribution in [0.4, 0.5) is 8.78 Å². The molecule has 1 aliphatic heterocycles. The summed E-state index contributed by atoms with van der Waals surface area (Å²) in [5, 5.41) is 0. The summed E-state index contributed by atoms with van der Waals surface area (Å²) >= 11 is 5.86. The van der Waals surface area contributed by atoms with Gasteiger partial charge in [0.1, 0.15) is 36.1 Å². The van der Waals surface area contributed by atoms with Gasteiger partial charge < -0.3 is 18.9 Å². The third kappa shape index (κ3) is 7.64. The van der Waals surface area contributed by atoms with Gasteiger partial charge in [-0.2, -0.15) is 0 Å². The Labute approximate surface area is 190 Å². The maximum absolute atomic E-state index is 14.8. The molecule has 1 fully saturated rings. The molecule has 1 aromatic carbocycles. The standard InChI is InChI=1S/C24H37ClF2O4/c1-4-7-10-28-16-21-23(29-11-8-5-2)24(30-12-9-6-3)22(31-21)18-13-17(15-25)19(26)14-20(18)27/h13-14,21-24H,4-12,15-16H2,1-3H3/t21-,22+,23+,24?/m1/s1. The van der Waals surface area contributed by atoms with Gasteiger partial charge in [-0.15, -0.1) is 11.6 Å². The van der Waals surface area contributed by atoms with Crippen LogP contribution >= 0.6 is 11.6 Å². The van der Waals surface area contributed by atoms with Gasteiger partial charge in [-0.1, -0.05) is 40.0 Å². The van der Waals surface area contributed by atoms with E-state index in [1.165, 1.54) is 6.07 Å². The van der Waals surface area contributed by atoms with E-state index in [0.29, 0.717) is 26.4 Å². The van der Waals surface area contributed by atoms with Gasteiger partial charge in [0.2, 0.25) is 0 Å². The van der Waals surface area contributed by atoms with Gasteiger partial charge in [0.15, 0.2) is 0 Å². The Morgan fingerprint density at radius 3 is 2.10 bits per heavy atom. The van der Waals surface area contributed by atoms with Crippen molar-refractivity contribution in [2.24, 2.45) is 0 Å². The van der Waals surface area contributed by atoms with E-state index in [2.05, 4.69) is 20.8 Å². The fourth-order valence-corrected chi connectivity index (χ4v) is 3.81. The van der Waals surface area contributed by atoms with Gasteiger partial charge in [0.05, 0.1) is 12.5 Å². The van der Waals surface area contributed by atoms with E-state index in [0.717, 1.165) is 44.6 Å². The summed E-state index contributed by atoms with van der Waals surface area (Å²) in [5.41, 5.74) is 0.485. The van der Waals surface area contributed by atoms with Crippen molar-refractivity contribution in [2.75, 3.05) is 26.4 Å². The Morgan fingerprint density at radius 2 is 1.48 bits per heavy atom. The number of benzene rings is 1. The predicted molar refractivity (Wildman–Crippen MR) is 119 cm³/mol. The molecule has 7 heteroatoms. The summed E-state index contributed by atoms with van der Waals surface area (Å²) in [6, 6.07) is 2.32. The molecule has 0 aromatic heterocycles. The van der Waals surface area contributed by atoms with Crippen LogP contribution in [0, 0.1) is 11.6 Å². The first-order valence-electron chi connectivity index (χ1n) is 11.6. The lowest BCUT2D eigenvalue weighted by Crippen LogP contribution is -2.38. The first-order valence-corrected chi connectivity index (χ1v) is 12.1. The smallest absolute Gasteiger partial charge is 0.132 e. The van der Waals surface area contributed by atoms with E-state index in [1.807, 2.05) is 0 Å². The van der Waals surface area contributed by atoms with Crippen molar-refractivity contribution >= 4 is 11.6 Å². The van der Waals surface area contributed by atoms with Crippen molar-refractivity contribution in [3.05, 3.63) is 34.9 Å². The molecule has 0 bridgehead atoms. The topological polar surface area (TPSA) is 36.9 Å². The van der Waals surface area contributed by atoms with Crippen molar-refractivity contribution in [3.63, 3.8) is 0 Å². The van der Waals surface area contributed by atoms with Crippen LogP contribution in [0.15, 0.2) is 12.1 Å². The molecule has 4 atom stereocenters. The zero-order valence-corrected chi connectivity index (χ0v) is 19.8. The first-order chi connectivity index (χ1) is 15.1. The molecule has 0 saturated carbocycles. The summed E-state index contributed by atoms with van der Waals surface area (Å²) < 4.78 is 53.2. The summed E-state index contributed by atoms with van der Waals surface area (Å²) in [6.07, 6.45) is 3.75. The van der Waals surface area contributed by atoms with Gasteiger partial charge in [-0.25, -0.2) is 8.78 Å². The van der Waals surface area contributed by atoms with Crippen molar-refractivity contribution < 1.29 is 27.7 Å². The second kappa shape index (κ2) is 14.4. The third-order valence-corrected chi connectivity index (χ3v) is 5.75. The number of halogens is 3. The molecule has 0 spiro atoms. The Bertz CT molecular complexity index is 646. The number of ether oxygens (including phenoxy) is 4. The summed E-state index contributed by atoms with van der Waals surface area (Å²) in [4.78, 5) is 0. The summed E-state index contributed by atoms with van der Waals surface area (Å²) in [7, 11) is 0. The molecular formula is C24H37ClF2O4. The number of alkyl halides is 1. The second-order valence-electron chi connectivity index (χ2n) is 8.00. The van der Waals surface area contributed by atoms with Crippen molar-refractivity contribution in [1.29, 1.82) is 0 Å². The van der Waals surface area contributed by atoms with Gasteiger partial charge in [0, 0.05) is 37.0 Å². The minimum Gasteiger partial charge on any atom is -0.379 e. The lowest BCUT2D eigenvalue weighted by Gasteiger charge is -2.25. The highest BCUT2D eigenvalue weighted by Crippen LogP contribution is 2.39. The zero-order valence-electron chi connectivity index (χ0n) is 19.0. The Balaban J connectivity index is 2.29. The van der Waals surface area contributed by atoms with Gasteiger partial charge in [-0.3, -0.25) is 0 Å². The van der Waals surface area contributed by atoms with Crippen LogP contribution in [-0.2, 0) is 24.8 Å². The third-order valence-electron chi connectivity index (χ3n) is 5.47. The van der Waals surface area contributed by atoms with E-state index >= 15 is 0 Å². The van der Waals surface area contributed by atoms with Crippen LogP contribution < -0.4 is 0 Å². The molecule has 2 rings (SSSR count). The molecule has 1 saturated heterocycles. The monoisotopic (exact) mass is 462 g/mol. The van der Waals surface area contributed by atoms with E-state index in [-0.39, 0.29) is 23.1 Å². The van der Waals surface area contributed by atoms with Crippen molar-refractivity contribution in [1.82, 2.24) is 0 Å². The lowest BCUT2D eigenvalue weighted by atomic mass is 9.98. The molecule has 0 aliphatic carbocycles. The number of rotatable bonds is 15. The van der Waals surface area contributed by atoms with Crippen LogP contribution in [0.3, 0.4) is 0 Å². The maximum atomic E-state index is 14.8. The van der Waals surface area contributed by atoms with E-state index in [4.69, 9.17) is 30.5 Å². The van der Waals surface area contributed by atoms with Crippen LogP contribution in [0.1, 0.15) is 76.5 Å². The molecule has 31 heavy (non-hydrogen) atoms. The van der Waals surface area contributed by atoms with E-state index in [9.17, 15) is 8.78 Å². The maximum Gasteiger partial charge on any atom is 0.132 e. The minimum atomic E-state index is -0.717. The quantitative estimate of drug-likeness (QED) is 0.225. The van der Waals surface area contributed by atoms with Crippen LogP contribution in [0.2, 0.25) is 0 Å².